The molecule has 1 aromatic carbocycles. The van der Waals surface area contributed by atoms with Crippen LogP contribution >= 0.6 is 11.8 Å². The maximum absolute atomic E-state index is 12.0. The highest BCUT2D eigenvalue weighted by Crippen LogP contribution is 2.34. The number of rotatable bonds is 1. The summed E-state index contributed by atoms with van der Waals surface area (Å²) in [5.74, 6) is 0.961. The summed E-state index contributed by atoms with van der Waals surface area (Å²) in [6.07, 6.45) is 0. The molecule has 3 nitrogen and oxygen atoms in total. The van der Waals surface area contributed by atoms with Crippen molar-refractivity contribution in [1.82, 2.24) is 5.32 Å². The number of hydrogen-bond acceptors (Lipinski definition) is 2. The number of thioether (sulfide) groups is 1. The van der Waals surface area contributed by atoms with Gasteiger partial charge >= 0.3 is 6.03 Å². The summed E-state index contributed by atoms with van der Waals surface area (Å²) in [6.45, 7) is 4.73. The van der Waals surface area contributed by atoms with Gasteiger partial charge in [0.25, 0.3) is 0 Å². The monoisotopic (exact) mass is 236 g/mol. The number of nitrogens with one attached hydrogen (secondary N) is 1. The van der Waals surface area contributed by atoms with Crippen LogP contribution in [0.25, 0.3) is 0 Å². The number of amides is 2. The van der Waals surface area contributed by atoms with Crippen LogP contribution in [0.1, 0.15) is 13.8 Å². The van der Waals surface area contributed by atoms with Crippen molar-refractivity contribution in [2.45, 2.75) is 24.8 Å². The van der Waals surface area contributed by atoms with Crippen LogP contribution in [0.3, 0.4) is 0 Å². The van der Waals surface area contributed by atoms with E-state index in [4.69, 9.17) is 0 Å². The molecule has 2 rings (SSSR count). The average molecular weight is 236 g/mol. The SMILES string of the molecule is CC(C)NC(=O)N1CCSc2ccccc21. The Kier molecular flexibility index (Phi) is 3.39. The lowest BCUT2D eigenvalue weighted by Crippen LogP contribution is -2.45. The molecule has 1 N–H and O–H groups in total. The van der Waals surface area contributed by atoms with Gasteiger partial charge in [-0.1, -0.05) is 12.1 Å². The number of benzene rings is 1. The van der Waals surface area contributed by atoms with Gasteiger partial charge in [0.05, 0.1) is 5.69 Å². The molecule has 16 heavy (non-hydrogen) atoms. The Morgan fingerprint density at radius 1 is 1.44 bits per heavy atom. The molecule has 1 aliphatic heterocycles. The average Bonchev–Trinajstić information content (AvgIpc) is 2.27. The fourth-order valence-electron chi connectivity index (χ4n) is 1.71. The number of anilines is 1. The molecule has 0 saturated carbocycles. The summed E-state index contributed by atoms with van der Waals surface area (Å²) in [5.41, 5.74) is 1.02. The van der Waals surface area contributed by atoms with E-state index >= 15 is 0 Å². The lowest BCUT2D eigenvalue weighted by Gasteiger charge is -2.29. The number of carbonyl (C=O) groups excluding carboxylic acids is 1. The lowest BCUT2D eigenvalue weighted by atomic mass is 10.3. The van der Waals surface area contributed by atoms with Crippen molar-refractivity contribution >= 4 is 23.5 Å². The van der Waals surface area contributed by atoms with Crippen LogP contribution in [-0.2, 0) is 0 Å². The number of nitrogens with zero attached hydrogens (tertiary/aromatic N) is 1. The van der Waals surface area contributed by atoms with Gasteiger partial charge in [0.15, 0.2) is 0 Å². The normalized spacial score (nSPS) is 14.8. The fourth-order valence-corrected chi connectivity index (χ4v) is 2.70. The predicted octanol–water partition coefficient (Wildman–Crippen LogP) is 2.72. The fraction of sp³-hybridized carbons (Fsp3) is 0.417. The molecule has 0 spiro atoms. The van der Waals surface area contributed by atoms with Crippen molar-refractivity contribution in [3.63, 3.8) is 0 Å². The molecule has 1 aromatic rings. The number of para-hydroxylation sites is 1. The highest BCUT2D eigenvalue weighted by Gasteiger charge is 2.22. The first-order valence-electron chi connectivity index (χ1n) is 5.48. The van der Waals surface area contributed by atoms with Crippen molar-refractivity contribution in [3.8, 4) is 0 Å². The first-order chi connectivity index (χ1) is 7.68. The van der Waals surface area contributed by atoms with Gasteiger partial charge in [0.2, 0.25) is 0 Å². The number of hydrogen-bond donors (Lipinski definition) is 1. The summed E-state index contributed by atoms with van der Waals surface area (Å²) in [5, 5.41) is 2.93. The Bertz CT molecular complexity index is 392. The summed E-state index contributed by atoms with van der Waals surface area (Å²) in [6, 6.07) is 8.23. The smallest absolute Gasteiger partial charge is 0.322 e. The Balaban J connectivity index is 2.21. The first kappa shape index (κ1) is 11.3. The van der Waals surface area contributed by atoms with Crippen LogP contribution in [0.5, 0.6) is 0 Å². The van der Waals surface area contributed by atoms with Gasteiger partial charge in [-0.25, -0.2) is 4.79 Å². The largest absolute Gasteiger partial charge is 0.336 e. The topological polar surface area (TPSA) is 32.3 Å². The van der Waals surface area contributed by atoms with Gasteiger partial charge < -0.3 is 5.32 Å². The van der Waals surface area contributed by atoms with Crippen LogP contribution in [0.2, 0.25) is 0 Å². The van der Waals surface area contributed by atoms with Gasteiger partial charge in [0, 0.05) is 23.2 Å². The molecule has 2 amide bonds. The molecule has 4 heteroatoms. The quantitative estimate of drug-likeness (QED) is 0.813. The minimum absolute atomic E-state index is 0.00255. The van der Waals surface area contributed by atoms with Crippen LogP contribution in [0.15, 0.2) is 29.2 Å². The molecule has 0 aromatic heterocycles. The number of fused-ring (bicyclic) bond motifs is 1. The molecule has 1 aliphatic rings. The molecule has 0 saturated heterocycles. The molecule has 0 radical (unpaired) electrons. The molecular weight excluding hydrogens is 220 g/mol. The lowest BCUT2D eigenvalue weighted by molar-refractivity contribution is 0.244. The van der Waals surface area contributed by atoms with E-state index in [1.165, 1.54) is 4.90 Å². The van der Waals surface area contributed by atoms with Crippen molar-refractivity contribution in [3.05, 3.63) is 24.3 Å². The minimum Gasteiger partial charge on any atom is -0.336 e. The van der Waals surface area contributed by atoms with Gasteiger partial charge in [-0.15, -0.1) is 11.8 Å². The third-order valence-corrected chi connectivity index (χ3v) is 3.43. The number of carbonyl (C=O) groups is 1. The maximum atomic E-state index is 12.0. The molecule has 0 fully saturated rings. The van der Waals surface area contributed by atoms with Crippen LogP contribution < -0.4 is 10.2 Å². The van der Waals surface area contributed by atoms with E-state index in [1.54, 1.807) is 0 Å². The van der Waals surface area contributed by atoms with E-state index in [2.05, 4.69) is 11.4 Å². The second-order valence-corrected chi connectivity index (χ2v) is 5.21. The molecular formula is C12H16N2OS. The Labute approximate surface area is 100 Å². The summed E-state index contributed by atoms with van der Waals surface area (Å²) in [4.78, 5) is 15.0. The summed E-state index contributed by atoms with van der Waals surface area (Å²) >= 11 is 1.81. The Hall–Kier alpha value is -1.16. The molecule has 1 heterocycles. The Morgan fingerprint density at radius 2 is 2.19 bits per heavy atom. The van der Waals surface area contributed by atoms with Crippen LogP contribution in [0, 0.1) is 0 Å². The highest BCUT2D eigenvalue weighted by molar-refractivity contribution is 7.99. The zero-order valence-electron chi connectivity index (χ0n) is 9.56. The van der Waals surface area contributed by atoms with Crippen molar-refractivity contribution in [2.24, 2.45) is 0 Å². The van der Waals surface area contributed by atoms with E-state index in [1.807, 2.05) is 48.7 Å². The van der Waals surface area contributed by atoms with E-state index < -0.39 is 0 Å². The third kappa shape index (κ3) is 2.32. The summed E-state index contributed by atoms with van der Waals surface area (Å²) in [7, 11) is 0. The van der Waals surface area contributed by atoms with E-state index in [9.17, 15) is 4.79 Å². The van der Waals surface area contributed by atoms with Gasteiger partial charge in [-0.05, 0) is 26.0 Å². The van der Waals surface area contributed by atoms with Crippen LogP contribution in [-0.4, -0.2) is 24.4 Å². The maximum Gasteiger partial charge on any atom is 0.322 e. The third-order valence-electron chi connectivity index (χ3n) is 2.39. The highest BCUT2D eigenvalue weighted by atomic mass is 32.2. The van der Waals surface area contributed by atoms with Gasteiger partial charge in [0.1, 0.15) is 0 Å². The zero-order chi connectivity index (χ0) is 11.5. The van der Waals surface area contributed by atoms with Gasteiger partial charge in [-0.2, -0.15) is 0 Å². The van der Waals surface area contributed by atoms with Crippen molar-refractivity contribution in [2.75, 3.05) is 17.2 Å². The van der Waals surface area contributed by atoms with Crippen molar-refractivity contribution in [1.29, 1.82) is 0 Å². The van der Waals surface area contributed by atoms with Gasteiger partial charge in [-0.3, -0.25) is 4.90 Å². The zero-order valence-corrected chi connectivity index (χ0v) is 10.4. The van der Waals surface area contributed by atoms with E-state index in [0.717, 1.165) is 18.0 Å². The molecule has 0 atom stereocenters. The molecule has 0 bridgehead atoms. The standard InChI is InChI=1S/C12H16N2OS/c1-9(2)13-12(15)14-7-8-16-11-6-4-3-5-10(11)14/h3-6,9H,7-8H2,1-2H3,(H,13,15). The molecule has 86 valence electrons. The van der Waals surface area contributed by atoms with Crippen LogP contribution in [0.4, 0.5) is 10.5 Å². The minimum atomic E-state index is 0.00255. The Morgan fingerprint density at radius 3 is 2.94 bits per heavy atom. The van der Waals surface area contributed by atoms with E-state index in [-0.39, 0.29) is 12.1 Å². The first-order valence-corrected chi connectivity index (χ1v) is 6.47. The predicted molar refractivity (Wildman–Crippen MR) is 68.2 cm³/mol. The number of urea groups is 1. The van der Waals surface area contributed by atoms with E-state index in [0.29, 0.717) is 0 Å². The van der Waals surface area contributed by atoms with Crippen molar-refractivity contribution < 1.29 is 4.79 Å². The molecule has 0 unspecified atom stereocenters. The molecule has 0 aliphatic carbocycles. The summed E-state index contributed by atoms with van der Waals surface area (Å²) < 4.78 is 0. The second kappa shape index (κ2) is 4.78. The second-order valence-electron chi connectivity index (χ2n) is 4.07.